The average molecular weight is 473 g/mol. The number of para-hydroxylation sites is 1. The Morgan fingerprint density at radius 1 is 0.886 bits per heavy atom. The summed E-state index contributed by atoms with van der Waals surface area (Å²) in [4.78, 5) is 36.2. The van der Waals surface area contributed by atoms with Gasteiger partial charge in [0.2, 0.25) is 0 Å². The number of aryl methyl sites for hydroxylation is 3. The number of hydrazone groups is 1. The van der Waals surface area contributed by atoms with Crippen molar-refractivity contribution < 1.29 is 19.1 Å². The minimum absolute atomic E-state index is 0.132. The Morgan fingerprint density at radius 2 is 1.63 bits per heavy atom. The number of anilines is 2. The van der Waals surface area contributed by atoms with Gasteiger partial charge in [-0.25, -0.2) is 5.43 Å². The van der Waals surface area contributed by atoms with Gasteiger partial charge in [0.25, 0.3) is 5.91 Å². The van der Waals surface area contributed by atoms with E-state index in [1.165, 1.54) is 6.21 Å². The minimum Gasteiger partial charge on any atom is -0.484 e. The molecule has 3 amide bonds. The predicted octanol–water partition coefficient (Wildman–Crippen LogP) is 3.97. The highest BCUT2D eigenvalue weighted by Gasteiger charge is 2.14. The lowest BCUT2D eigenvalue weighted by molar-refractivity contribution is -0.136. The zero-order valence-corrected chi connectivity index (χ0v) is 19.9. The Hall–Kier alpha value is -4.46. The maximum atomic E-state index is 12.1. The Balaban J connectivity index is 1.44. The number of carbonyl (C=O) groups excluding carboxylic acids is 3. The number of amides is 3. The first-order valence-corrected chi connectivity index (χ1v) is 11.2. The smallest absolute Gasteiger partial charge is 0.329 e. The summed E-state index contributed by atoms with van der Waals surface area (Å²) in [6.07, 6.45) is 2.13. The number of hydrogen-bond donors (Lipinski definition) is 3. The average Bonchev–Trinajstić information content (AvgIpc) is 2.86. The Labute approximate surface area is 204 Å². The standard InChI is InChI=1S/C27H28N4O4/c1-4-21-7-5-6-8-24(21)30-26(33)27(34)31-28-16-20-10-13-23(14-11-20)35-17-25(32)29-22-12-9-18(2)19(3)15-22/h5-16H,4,17H2,1-3H3,(H,29,32)(H,30,33)(H,31,34)/b28-16-. The quantitative estimate of drug-likeness (QED) is 0.262. The molecule has 0 saturated heterocycles. The van der Waals surface area contributed by atoms with Crippen molar-refractivity contribution in [3.05, 3.63) is 89.0 Å². The molecule has 3 N–H and O–H groups in total. The van der Waals surface area contributed by atoms with Crippen LogP contribution < -0.4 is 20.8 Å². The summed E-state index contributed by atoms with van der Waals surface area (Å²) in [6, 6.07) is 19.8. The van der Waals surface area contributed by atoms with Gasteiger partial charge < -0.3 is 15.4 Å². The second kappa shape index (κ2) is 12.1. The summed E-state index contributed by atoms with van der Waals surface area (Å²) < 4.78 is 5.52. The summed E-state index contributed by atoms with van der Waals surface area (Å²) in [7, 11) is 0. The van der Waals surface area contributed by atoms with E-state index in [9.17, 15) is 14.4 Å². The molecule has 0 unspecified atom stereocenters. The monoisotopic (exact) mass is 472 g/mol. The molecule has 3 aromatic rings. The van der Waals surface area contributed by atoms with Crippen molar-refractivity contribution in [2.45, 2.75) is 27.2 Å². The summed E-state index contributed by atoms with van der Waals surface area (Å²) in [5, 5.41) is 9.21. The van der Waals surface area contributed by atoms with Crippen molar-refractivity contribution in [2.75, 3.05) is 17.2 Å². The van der Waals surface area contributed by atoms with Crippen LogP contribution in [0.25, 0.3) is 0 Å². The predicted molar refractivity (Wildman–Crippen MR) is 137 cm³/mol. The van der Waals surface area contributed by atoms with Crippen LogP contribution in [0.2, 0.25) is 0 Å². The molecule has 8 nitrogen and oxygen atoms in total. The number of benzene rings is 3. The van der Waals surface area contributed by atoms with Gasteiger partial charge in [0.15, 0.2) is 6.61 Å². The van der Waals surface area contributed by atoms with Crippen LogP contribution in [0.3, 0.4) is 0 Å². The van der Waals surface area contributed by atoms with Gasteiger partial charge in [-0.3, -0.25) is 14.4 Å². The van der Waals surface area contributed by atoms with Crippen LogP contribution in [0.4, 0.5) is 11.4 Å². The maximum absolute atomic E-state index is 12.1. The fraction of sp³-hybridized carbons (Fsp3) is 0.185. The molecule has 35 heavy (non-hydrogen) atoms. The SMILES string of the molecule is CCc1ccccc1NC(=O)C(=O)N/N=C\c1ccc(OCC(=O)Nc2ccc(C)c(C)c2)cc1. The van der Waals surface area contributed by atoms with E-state index in [2.05, 4.69) is 21.2 Å². The first-order valence-electron chi connectivity index (χ1n) is 11.2. The lowest BCUT2D eigenvalue weighted by Gasteiger charge is -2.09. The molecule has 180 valence electrons. The Kier molecular flexibility index (Phi) is 8.72. The van der Waals surface area contributed by atoms with E-state index in [1.54, 1.807) is 36.4 Å². The van der Waals surface area contributed by atoms with Crippen molar-refractivity contribution in [2.24, 2.45) is 5.10 Å². The molecule has 0 saturated carbocycles. The molecule has 3 aromatic carbocycles. The van der Waals surface area contributed by atoms with Crippen LogP contribution in [0.1, 0.15) is 29.2 Å². The van der Waals surface area contributed by atoms with Crippen molar-refractivity contribution in [3.63, 3.8) is 0 Å². The lowest BCUT2D eigenvalue weighted by atomic mass is 10.1. The van der Waals surface area contributed by atoms with Gasteiger partial charge in [-0.1, -0.05) is 31.2 Å². The van der Waals surface area contributed by atoms with Gasteiger partial charge in [0.05, 0.1) is 6.21 Å². The van der Waals surface area contributed by atoms with Crippen LogP contribution in [0.5, 0.6) is 5.75 Å². The zero-order valence-electron chi connectivity index (χ0n) is 19.9. The molecule has 0 spiro atoms. The highest BCUT2D eigenvalue weighted by atomic mass is 16.5. The fourth-order valence-corrected chi connectivity index (χ4v) is 3.16. The zero-order chi connectivity index (χ0) is 25.2. The molecule has 0 fully saturated rings. The Morgan fingerprint density at radius 3 is 2.34 bits per heavy atom. The van der Waals surface area contributed by atoms with E-state index in [4.69, 9.17) is 4.74 Å². The van der Waals surface area contributed by atoms with E-state index in [1.807, 2.05) is 51.1 Å². The van der Waals surface area contributed by atoms with E-state index in [0.717, 1.165) is 28.8 Å². The summed E-state index contributed by atoms with van der Waals surface area (Å²) >= 11 is 0. The van der Waals surface area contributed by atoms with Gasteiger partial charge >= 0.3 is 11.8 Å². The first kappa shape index (κ1) is 25.2. The molecule has 3 rings (SSSR count). The number of nitrogens with zero attached hydrogens (tertiary/aromatic N) is 1. The van der Waals surface area contributed by atoms with Crippen molar-refractivity contribution >= 4 is 35.3 Å². The minimum atomic E-state index is -0.873. The van der Waals surface area contributed by atoms with E-state index in [-0.39, 0.29) is 12.5 Å². The summed E-state index contributed by atoms with van der Waals surface area (Å²) in [5.41, 5.74) is 7.38. The van der Waals surface area contributed by atoms with Crippen LogP contribution >= 0.6 is 0 Å². The number of ether oxygens (including phenoxy) is 1. The second-order valence-electron chi connectivity index (χ2n) is 7.87. The van der Waals surface area contributed by atoms with Crippen LogP contribution in [-0.2, 0) is 20.8 Å². The maximum Gasteiger partial charge on any atom is 0.329 e. The molecule has 8 heteroatoms. The normalized spacial score (nSPS) is 10.6. The van der Waals surface area contributed by atoms with Crippen molar-refractivity contribution in [3.8, 4) is 5.75 Å². The second-order valence-corrected chi connectivity index (χ2v) is 7.87. The van der Waals surface area contributed by atoms with Gasteiger partial charge in [0, 0.05) is 11.4 Å². The van der Waals surface area contributed by atoms with Gasteiger partial charge in [-0.2, -0.15) is 5.10 Å². The summed E-state index contributed by atoms with van der Waals surface area (Å²) in [5.74, 6) is -1.43. The lowest BCUT2D eigenvalue weighted by Crippen LogP contribution is -2.32. The molecule has 0 atom stereocenters. The third-order valence-electron chi connectivity index (χ3n) is 5.27. The fourth-order valence-electron chi connectivity index (χ4n) is 3.16. The molecule has 0 aliphatic carbocycles. The molecule has 0 radical (unpaired) electrons. The van der Waals surface area contributed by atoms with Crippen LogP contribution in [-0.4, -0.2) is 30.5 Å². The topological polar surface area (TPSA) is 109 Å². The van der Waals surface area contributed by atoms with Gasteiger partial charge in [-0.05, 0) is 85.0 Å². The number of nitrogens with one attached hydrogen (secondary N) is 3. The molecular weight excluding hydrogens is 444 g/mol. The number of carbonyl (C=O) groups is 3. The van der Waals surface area contributed by atoms with E-state index < -0.39 is 11.8 Å². The third kappa shape index (κ3) is 7.53. The first-order chi connectivity index (χ1) is 16.9. The van der Waals surface area contributed by atoms with E-state index >= 15 is 0 Å². The Bertz CT molecular complexity index is 1240. The molecule has 0 aliphatic heterocycles. The van der Waals surface area contributed by atoms with Gasteiger partial charge in [-0.15, -0.1) is 0 Å². The van der Waals surface area contributed by atoms with Crippen molar-refractivity contribution in [1.29, 1.82) is 0 Å². The molecule has 0 aliphatic rings. The highest BCUT2D eigenvalue weighted by molar-refractivity contribution is 6.39. The third-order valence-corrected chi connectivity index (χ3v) is 5.27. The highest BCUT2D eigenvalue weighted by Crippen LogP contribution is 2.16. The molecule has 0 aromatic heterocycles. The van der Waals surface area contributed by atoms with Crippen molar-refractivity contribution in [1.82, 2.24) is 5.43 Å². The molecule has 0 heterocycles. The van der Waals surface area contributed by atoms with Gasteiger partial charge in [0.1, 0.15) is 5.75 Å². The largest absolute Gasteiger partial charge is 0.484 e. The van der Waals surface area contributed by atoms with Crippen LogP contribution in [0, 0.1) is 13.8 Å². The number of rotatable bonds is 8. The summed E-state index contributed by atoms with van der Waals surface area (Å²) in [6.45, 7) is 5.83. The molecule has 0 bridgehead atoms. The van der Waals surface area contributed by atoms with E-state index in [0.29, 0.717) is 17.0 Å². The van der Waals surface area contributed by atoms with Crippen LogP contribution in [0.15, 0.2) is 71.8 Å². The molecular formula is C27H28N4O4. The number of hydrogen-bond acceptors (Lipinski definition) is 5.